The zero-order valence-electron chi connectivity index (χ0n) is 11.9. The number of para-hydroxylation sites is 1. The van der Waals surface area contributed by atoms with Crippen molar-refractivity contribution in [1.82, 2.24) is 9.88 Å². The number of piperidine rings is 1. The minimum atomic E-state index is 0.539. The van der Waals surface area contributed by atoms with Crippen LogP contribution >= 0.6 is 15.9 Å². The van der Waals surface area contributed by atoms with Crippen molar-refractivity contribution in [3.8, 4) is 0 Å². The van der Waals surface area contributed by atoms with E-state index in [0.29, 0.717) is 12.1 Å². The molecule has 0 bridgehead atoms. The number of benzene rings is 1. The number of anilines is 1. The quantitative estimate of drug-likeness (QED) is 0.903. The molecule has 1 aromatic heterocycles. The lowest BCUT2D eigenvalue weighted by Gasteiger charge is -2.35. The molecule has 3 nitrogen and oxygen atoms in total. The van der Waals surface area contributed by atoms with Crippen LogP contribution in [0.4, 0.5) is 5.69 Å². The molecule has 0 spiro atoms. The first kappa shape index (κ1) is 13.8. The molecule has 1 aliphatic rings. The number of rotatable bonds is 2. The first-order chi connectivity index (χ1) is 9.63. The van der Waals surface area contributed by atoms with Gasteiger partial charge >= 0.3 is 0 Å². The summed E-state index contributed by atoms with van der Waals surface area (Å²) in [5.41, 5.74) is 2.21. The molecule has 1 aromatic carbocycles. The van der Waals surface area contributed by atoms with Crippen molar-refractivity contribution in [2.75, 3.05) is 18.9 Å². The Labute approximate surface area is 128 Å². The van der Waals surface area contributed by atoms with Gasteiger partial charge in [-0.3, -0.25) is 4.98 Å². The van der Waals surface area contributed by atoms with Gasteiger partial charge in [0.1, 0.15) is 0 Å². The Morgan fingerprint density at radius 2 is 2.25 bits per heavy atom. The maximum atomic E-state index is 4.56. The molecule has 4 heteroatoms. The molecule has 1 N–H and O–H groups in total. The van der Waals surface area contributed by atoms with E-state index in [1.807, 2.05) is 6.20 Å². The van der Waals surface area contributed by atoms with Gasteiger partial charge in [-0.15, -0.1) is 0 Å². The number of fused-ring (bicyclic) bond motifs is 1. The van der Waals surface area contributed by atoms with E-state index in [2.05, 4.69) is 69.4 Å². The Balaban J connectivity index is 1.84. The van der Waals surface area contributed by atoms with Crippen LogP contribution in [-0.4, -0.2) is 35.6 Å². The lowest BCUT2D eigenvalue weighted by Crippen LogP contribution is -2.42. The molecule has 1 aliphatic heterocycles. The summed E-state index contributed by atoms with van der Waals surface area (Å²) in [5, 5.41) is 4.86. The second kappa shape index (κ2) is 5.70. The number of hydrogen-bond acceptors (Lipinski definition) is 3. The van der Waals surface area contributed by atoms with Crippen LogP contribution in [0.3, 0.4) is 0 Å². The highest BCUT2D eigenvalue weighted by atomic mass is 79.9. The van der Waals surface area contributed by atoms with Crippen LogP contribution in [0.2, 0.25) is 0 Å². The molecule has 20 heavy (non-hydrogen) atoms. The smallest absolute Gasteiger partial charge is 0.0934 e. The molecule has 1 saturated heterocycles. The summed E-state index contributed by atoms with van der Waals surface area (Å²) in [6.07, 6.45) is 4.24. The van der Waals surface area contributed by atoms with E-state index in [-0.39, 0.29) is 0 Å². The summed E-state index contributed by atoms with van der Waals surface area (Å²) in [5.74, 6) is 0. The number of nitrogens with zero attached hydrogens (tertiary/aromatic N) is 2. The highest BCUT2D eigenvalue weighted by Crippen LogP contribution is 2.26. The molecular formula is C16H20BrN3. The number of aromatic nitrogens is 1. The van der Waals surface area contributed by atoms with Crippen LogP contribution in [0.5, 0.6) is 0 Å². The van der Waals surface area contributed by atoms with Crippen molar-refractivity contribution in [1.29, 1.82) is 0 Å². The van der Waals surface area contributed by atoms with Crippen LogP contribution in [0.15, 0.2) is 34.9 Å². The summed E-state index contributed by atoms with van der Waals surface area (Å²) in [7, 11) is 2.21. The van der Waals surface area contributed by atoms with Crippen molar-refractivity contribution in [2.24, 2.45) is 0 Å². The van der Waals surface area contributed by atoms with E-state index < -0.39 is 0 Å². The molecule has 0 amide bonds. The van der Waals surface area contributed by atoms with Crippen LogP contribution in [0.25, 0.3) is 10.9 Å². The maximum absolute atomic E-state index is 4.56. The predicted octanol–water partition coefficient (Wildman–Crippen LogP) is 3.89. The van der Waals surface area contributed by atoms with Crippen molar-refractivity contribution in [3.63, 3.8) is 0 Å². The Morgan fingerprint density at radius 3 is 3.05 bits per heavy atom. The molecule has 2 atom stereocenters. The van der Waals surface area contributed by atoms with E-state index in [0.717, 1.165) is 22.2 Å². The fourth-order valence-corrected chi connectivity index (χ4v) is 3.24. The molecule has 106 valence electrons. The highest BCUT2D eigenvalue weighted by molar-refractivity contribution is 9.10. The van der Waals surface area contributed by atoms with Crippen LogP contribution < -0.4 is 5.32 Å². The Bertz CT molecular complexity index is 614. The normalized spacial score (nSPS) is 23.9. The van der Waals surface area contributed by atoms with Gasteiger partial charge in [0.15, 0.2) is 0 Å². The van der Waals surface area contributed by atoms with Gasteiger partial charge in [0.2, 0.25) is 0 Å². The number of halogens is 1. The topological polar surface area (TPSA) is 28.2 Å². The van der Waals surface area contributed by atoms with E-state index >= 15 is 0 Å². The minimum absolute atomic E-state index is 0.539. The number of likely N-dealkylation sites (tertiary alicyclic amines) is 1. The van der Waals surface area contributed by atoms with Crippen LogP contribution in [0, 0.1) is 0 Å². The Morgan fingerprint density at radius 1 is 1.40 bits per heavy atom. The van der Waals surface area contributed by atoms with Crippen molar-refractivity contribution in [3.05, 3.63) is 34.9 Å². The summed E-state index contributed by atoms with van der Waals surface area (Å²) < 4.78 is 1.02. The van der Waals surface area contributed by atoms with Gasteiger partial charge < -0.3 is 10.2 Å². The zero-order chi connectivity index (χ0) is 14.1. The lowest BCUT2D eigenvalue weighted by molar-refractivity contribution is 0.190. The first-order valence-corrected chi connectivity index (χ1v) is 7.94. The second-order valence-corrected chi connectivity index (χ2v) is 6.64. The minimum Gasteiger partial charge on any atom is -0.380 e. The van der Waals surface area contributed by atoms with E-state index in [1.165, 1.54) is 18.2 Å². The molecule has 3 rings (SSSR count). The van der Waals surface area contributed by atoms with E-state index in [9.17, 15) is 0 Å². The van der Waals surface area contributed by atoms with Crippen molar-refractivity contribution in [2.45, 2.75) is 31.8 Å². The van der Waals surface area contributed by atoms with Gasteiger partial charge in [-0.25, -0.2) is 0 Å². The summed E-state index contributed by atoms with van der Waals surface area (Å²) in [4.78, 5) is 6.99. The van der Waals surface area contributed by atoms with Gasteiger partial charge in [0, 0.05) is 34.7 Å². The van der Waals surface area contributed by atoms with Crippen LogP contribution in [0.1, 0.15) is 19.8 Å². The third-order valence-corrected chi connectivity index (χ3v) is 4.68. The number of hydrogen-bond donors (Lipinski definition) is 1. The standard InChI is InChI=1S/C16H20BrN3/c1-11-8-14(6-7-20(11)2)19-15-5-3-4-12-9-13(17)10-18-16(12)15/h3-5,9-11,14,19H,6-8H2,1-2H3. The average molecular weight is 334 g/mol. The van der Waals surface area contributed by atoms with Crippen molar-refractivity contribution < 1.29 is 0 Å². The zero-order valence-corrected chi connectivity index (χ0v) is 13.5. The second-order valence-electron chi connectivity index (χ2n) is 5.73. The van der Waals surface area contributed by atoms with Gasteiger partial charge in [-0.1, -0.05) is 12.1 Å². The molecule has 2 unspecified atom stereocenters. The highest BCUT2D eigenvalue weighted by Gasteiger charge is 2.22. The third-order valence-electron chi connectivity index (χ3n) is 4.25. The van der Waals surface area contributed by atoms with Gasteiger partial charge in [0.25, 0.3) is 0 Å². The first-order valence-electron chi connectivity index (χ1n) is 7.14. The number of nitrogens with one attached hydrogen (secondary N) is 1. The largest absolute Gasteiger partial charge is 0.380 e. The van der Waals surface area contributed by atoms with Crippen molar-refractivity contribution >= 4 is 32.5 Å². The molecule has 2 heterocycles. The summed E-state index contributed by atoms with van der Waals surface area (Å²) >= 11 is 3.48. The average Bonchev–Trinajstić information content (AvgIpc) is 2.43. The third kappa shape index (κ3) is 2.81. The monoisotopic (exact) mass is 333 g/mol. The molecule has 1 fully saturated rings. The Kier molecular flexibility index (Phi) is 3.94. The summed E-state index contributed by atoms with van der Waals surface area (Å²) in [6.45, 7) is 3.45. The number of pyridine rings is 1. The lowest BCUT2D eigenvalue weighted by atomic mass is 9.98. The molecule has 0 aliphatic carbocycles. The fourth-order valence-electron chi connectivity index (χ4n) is 2.89. The molecular weight excluding hydrogens is 314 g/mol. The van der Waals surface area contributed by atoms with E-state index in [1.54, 1.807) is 0 Å². The SMILES string of the molecule is CC1CC(Nc2cccc3cc(Br)cnc23)CCN1C. The van der Waals surface area contributed by atoms with Gasteiger partial charge in [-0.2, -0.15) is 0 Å². The predicted molar refractivity (Wildman–Crippen MR) is 88.2 cm³/mol. The molecule has 2 aromatic rings. The maximum Gasteiger partial charge on any atom is 0.0934 e. The Hall–Kier alpha value is -1.13. The van der Waals surface area contributed by atoms with Gasteiger partial charge in [0.05, 0.1) is 11.2 Å². The fraction of sp³-hybridized carbons (Fsp3) is 0.438. The van der Waals surface area contributed by atoms with Gasteiger partial charge in [-0.05, 0) is 54.9 Å². The molecule has 0 radical (unpaired) electrons. The summed E-state index contributed by atoms with van der Waals surface area (Å²) in [6, 6.07) is 9.62. The van der Waals surface area contributed by atoms with E-state index in [4.69, 9.17) is 0 Å². The molecule has 0 saturated carbocycles. The van der Waals surface area contributed by atoms with Crippen LogP contribution in [-0.2, 0) is 0 Å².